The minimum atomic E-state index is -0.180. The molecule has 0 aliphatic rings. The van der Waals surface area contributed by atoms with Gasteiger partial charge in [-0.1, -0.05) is 23.4 Å². The number of aromatic nitrogens is 5. The van der Waals surface area contributed by atoms with Gasteiger partial charge in [0.25, 0.3) is 5.89 Å². The van der Waals surface area contributed by atoms with E-state index in [1.54, 1.807) is 12.3 Å². The summed E-state index contributed by atoms with van der Waals surface area (Å²) in [4.78, 5) is 18.0. The second-order valence-corrected chi connectivity index (χ2v) is 4.48. The molecule has 0 spiro atoms. The number of para-hydroxylation sites is 1. The lowest BCUT2D eigenvalue weighted by Gasteiger charge is -1.91. The van der Waals surface area contributed by atoms with Gasteiger partial charge in [0.05, 0.1) is 5.52 Å². The summed E-state index contributed by atoms with van der Waals surface area (Å²) in [6, 6.07) is 10.7. The number of pyridine rings is 1. The summed E-state index contributed by atoms with van der Waals surface area (Å²) in [6.07, 6.45) is 1.54. The van der Waals surface area contributed by atoms with Crippen LogP contribution in [0.1, 0.15) is 0 Å². The first-order chi connectivity index (χ1) is 10.3. The van der Waals surface area contributed by atoms with Crippen molar-refractivity contribution in [3.05, 3.63) is 52.9 Å². The summed E-state index contributed by atoms with van der Waals surface area (Å²) in [7, 11) is 0. The Balaban J connectivity index is 1.81. The zero-order valence-electron chi connectivity index (χ0n) is 10.7. The molecule has 0 saturated heterocycles. The summed E-state index contributed by atoms with van der Waals surface area (Å²) < 4.78 is 5.27. The van der Waals surface area contributed by atoms with Crippen LogP contribution in [0.15, 0.2) is 51.9 Å². The Kier molecular flexibility index (Phi) is 2.43. The molecule has 3 heterocycles. The average molecular weight is 279 g/mol. The number of H-pyrrole nitrogens is 2. The molecule has 0 saturated carbocycles. The maximum Gasteiger partial charge on any atom is 0.279 e. The van der Waals surface area contributed by atoms with Crippen molar-refractivity contribution < 1.29 is 4.52 Å². The van der Waals surface area contributed by atoms with Crippen LogP contribution in [0.2, 0.25) is 0 Å². The van der Waals surface area contributed by atoms with Gasteiger partial charge in [0.15, 0.2) is 5.69 Å². The van der Waals surface area contributed by atoms with Gasteiger partial charge in [-0.2, -0.15) is 10.1 Å². The number of fused-ring (bicyclic) bond motifs is 1. The largest absolute Gasteiger partial charge is 0.332 e. The van der Waals surface area contributed by atoms with Crippen molar-refractivity contribution >= 4 is 10.9 Å². The molecular weight excluding hydrogens is 270 g/mol. The van der Waals surface area contributed by atoms with E-state index < -0.39 is 0 Å². The third-order valence-electron chi connectivity index (χ3n) is 3.14. The van der Waals surface area contributed by atoms with Gasteiger partial charge >= 0.3 is 0 Å². The fourth-order valence-corrected chi connectivity index (χ4v) is 2.11. The Morgan fingerprint density at radius 2 is 2.00 bits per heavy atom. The van der Waals surface area contributed by atoms with Crippen LogP contribution in [0, 0.1) is 0 Å². The lowest BCUT2D eigenvalue weighted by molar-refractivity contribution is 0.431. The molecule has 0 fully saturated rings. The van der Waals surface area contributed by atoms with E-state index in [4.69, 9.17) is 4.52 Å². The van der Waals surface area contributed by atoms with Crippen LogP contribution < -0.4 is 5.56 Å². The monoisotopic (exact) mass is 279 g/mol. The number of aromatic amines is 2. The topological polar surface area (TPSA) is 100 Å². The molecule has 0 bridgehead atoms. The van der Waals surface area contributed by atoms with Crippen LogP contribution in [0.5, 0.6) is 0 Å². The SMILES string of the molecule is O=c1ccc(-c2noc(-c3n[nH]c4ccccc34)n2)c[nH]1. The first kappa shape index (κ1) is 11.6. The first-order valence-corrected chi connectivity index (χ1v) is 6.27. The quantitative estimate of drug-likeness (QED) is 0.584. The molecule has 102 valence electrons. The Bertz CT molecular complexity index is 962. The molecular formula is C14H9N5O2. The van der Waals surface area contributed by atoms with E-state index in [2.05, 4.69) is 25.3 Å². The molecule has 0 atom stereocenters. The molecule has 0 aliphatic carbocycles. The van der Waals surface area contributed by atoms with Crippen LogP contribution in [-0.4, -0.2) is 25.3 Å². The van der Waals surface area contributed by atoms with E-state index in [0.717, 1.165) is 10.9 Å². The summed E-state index contributed by atoms with van der Waals surface area (Å²) in [5.74, 6) is 0.724. The highest BCUT2D eigenvalue weighted by Gasteiger charge is 2.15. The molecule has 2 N–H and O–H groups in total. The summed E-state index contributed by atoms with van der Waals surface area (Å²) >= 11 is 0. The highest BCUT2D eigenvalue weighted by atomic mass is 16.5. The van der Waals surface area contributed by atoms with Gasteiger partial charge in [0, 0.05) is 23.2 Å². The number of hydrogen-bond acceptors (Lipinski definition) is 5. The number of nitrogens with zero attached hydrogens (tertiary/aromatic N) is 3. The number of benzene rings is 1. The second-order valence-electron chi connectivity index (χ2n) is 4.48. The highest BCUT2D eigenvalue weighted by molar-refractivity contribution is 5.90. The van der Waals surface area contributed by atoms with Crippen molar-refractivity contribution in [2.45, 2.75) is 0 Å². The maximum atomic E-state index is 11.1. The molecule has 7 heteroatoms. The van der Waals surface area contributed by atoms with Crippen molar-refractivity contribution in [2.24, 2.45) is 0 Å². The molecule has 0 aliphatic heterocycles. The van der Waals surface area contributed by atoms with Gasteiger partial charge in [-0.15, -0.1) is 0 Å². The van der Waals surface area contributed by atoms with Gasteiger partial charge < -0.3 is 9.51 Å². The molecule has 7 nitrogen and oxygen atoms in total. The number of rotatable bonds is 2. The van der Waals surface area contributed by atoms with Crippen molar-refractivity contribution in [3.8, 4) is 23.0 Å². The van der Waals surface area contributed by atoms with Crippen LogP contribution in [0.25, 0.3) is 33.9 Å². The maximum absolute atomic E-state index is 11.1. The van der Waals surface area contributed by atoms with E-state index in [-0.39, 0.29) is 5.56 Å². The van der Waals surface area contributed by atoms with Crippen molar-refractivity contribution in [2.75, 3.05) is 0 Å². The van der Waals surface area contributed by atoms with Crippen LogP contribution in [0.3, 0.4) is 0 Å². The Morgan fingerprint density at radius 3 is 2.86 bits per heavy atom. The summed E-state index contributed by atoms with van der Waals surface area (Å²) in [5, 5.41) is 12.0. The molecule has 3 aromatic heterocycles. The molecule has 4 rings (SSSR count). The molecule has 0 amide bonds. The predicted molar refractivity (Wildman–Crippen MR) is 75.4 cm³/mol. The Labute approximate surface area is 117 Å². The molecule has 21 heavy (non-hydrogen) atoms. The lowest BCUT2D eigenvalue weighted by Crippen LogP contribution is -2.01. The summed E-state index contributed by atoms with van der Waals surface area (Å²) in [6.45, 7) is 0. The van der Waals surface area contributed by atoms with E-state index in [9.17, 15) is 4.79 Å². The highest BCUT2D eigenvalue weighted by Crippen LogP contribution is 2.26. The Hall–Kier alpha value is -3.22. The van der Waals surface area contributed by atoms with Crippen molar-refractivity contribution in [3.63, 3.8) is 0 Å². The third kappa shape index (κ3) is 1.91. The zero-order chi connectivity index (χ0) is 14.2. The zero-order valence-corrected chi connectivity index (χ0v) is 10.7. The molecule has 4 aromatic rings. The second kappa shape index (κ2) is 4.41. The van der Waals surface area contributed by atoms with Gasteiger partial charge in [-0.05, 0) is 12.1 Å². The van der Waals surface area contributed by atoms with Crippen LogP contribution >= 0.6 is 0 Å². The normalized spacial score (nSPS) is 11.0. The van der Waals surface area contributed by atoms with Crippen LogP contribution in [-0.2, 0) is 0 Å². The number of hydrogen-bond donors (Lipinski definition) is 2. The third-order valence-corrected chi connectivity index (χ3v) is 3.14. The fourth-order valence-electron chi connectivity index (χ4n) is 2.11. The minimum absolute atomic E-state index is 0.180. The average Bonchev–Trinajstić information content (AvgIpc) is 3.14. The van der Waals surface area contributed by atoms with Crippen molar-refractivity contribution in [1.29, 1.82) is 0 Å². The standard InChI is InChI=1S/C14H9N5O2/c20-11-6-5-8(7-15-11)13-16-14(21-19-13)12-9-3-1-2-4-10(9)17-18-12/h1-7H,(H,15,20)(H,17,18). The van der Waals surface area contributed by atoms with E-state index >= 15 is 0 Å². The molecule has 0 radical (unpaired) electrons. The number of nitrogens with one attached hydrogen (secondary N) is 2. The van der Waals surface area contributed by atoms with Gasteiger partial charge in [-0.3, -0.25) is 9.89 Å². The van der Waals surface area contributed by atoms with Gasteiger partial charge in [0.2, 0.25) is 11.4 Å². The van der Waals surface area contributed by atoms with E-state index in [0.29, 0.717) is 23.0 Å². The predicted octanol–water partition coefficient (Wildman–Crippen LogP) is 1.97. The van der Waals surface area contributed by atoms with Gasteiger partial charge in [-0.25, -0.2) is 0 Å². The lowest BCUT2D eigenvalue weighted by atomic mass is 10.2. The van der Waals surface area contributed by atoms with Crippen LogP contribution in [0.4, 0.5) is 0 Å². The van der Waals surface area contributed by atoms with Gasteiger partial charge in [0.1, 0.15) is 0 Å². The fraction of sp³-hybridized carbons (Fsp3) is 0. The molecule has 1 aromatic carbocycles. The van der Waals surface area contributed by atoms with E-state index in [1.165, 1.54) is 6.07 Å². The minimum Gasteiger partial charge on any atom is -0.332 e. The first-order valence-electron chi connectivity index (χ1n) is 6.27. The Morgan fingerprint density at radius 1 is 1.10 bits per heavy atom. The molecule has 0 unspecified atom stereocenters. The smallest absolute Gasteiger partial charge is 0.279 e. The van der Waals surface area contributed by atoms with E-state index in [1.807, 2.05) is 24.3 Å². The summed E-state index contributed by atoms with van der Waals surface area (Å²) in [5.41, 5.74) is 2.00. The van der Waals surface area contributed by atoms with Crippen molar-refractivity contribution in [1.82, 2.24) is 25.3 Å².